The number of methoxy groups -OCH3 is 1. The van der Waals surface area contributed by atoms with Gasteiger partial charge in [-0.3, -0.25) is 0 Å². The van der Waals surface area contributed by atoms with Crippen LogP contribution in [0.15, 0.2) is 34.8 Å². The molecule has 5 nitrogen and oxygen atoms in total. The van der Waals surface area contributed by atoms with Crippen molar-refractivity contribution in [2.24, 2.45) is 0 Å². The summed E-state index contributed by atoms with van der Waals surface area (Å²) >= 11 is 9.60. The Hall–Kier alpha value is -1.38. The summed E-state index contributed by atoms with van der Waals surface area (Å²) < 4.78 is 25.3. The lowest BCUT2D eigenvalue weighted by Gasteiger charge is -2.15. The van der Waals surface area contributed by atoms with Gasteiger partial charge < -0.3 is 25.2 Å². The molecule has 148 valence electrons. The van der Waals surface area contributed by atoms with Gasteiger partial charge in [-0.1, -0.05) is 33.6 Å². The third-order valence-electron chi connectivity index (χ3n) is 3.81. The lowest BCUT2D eigenvalue weighted by molar-refractivity contribution is 0.284. The lowest BCUT2D eigenvalue weighted by atomic mass is 10.2. The van der Waals surface area contributed by atoms with E-state index in [2.05, 4.69) is 26.6 Å². The molecule has 0 bridgehead atoms. The van der Waals surface area contributed by atoms with Gasteiger partial charge in [-0.25, -0.2) is 4.39 Å². The van der Waals surface area contributed by atoms with Crippen molar-refractivity contribution in [1.29, 1.82) is 0 Å². The topological polar surface area (TPSA) is 62.8 Å². The standard InChI is InChI=1S/C19H23BrClFN2O3/c1-26-18-8-14(11-24-5-4-23-6-7-25)16(20)10-19(18)27-12-13-2-3-15(22)9-17(13)21/h2-3,8-10,23-25H,4-7,11-12H2,1H3. The van der Waals surface area contributed by atoms with Crippen LogP contribution >= 0.6 is 27.5 Å². The molecule has 0 amide bonds. The fraction of sp³-hybridized carbons (Fsp3) is 0.368. The smallest absolute Gasteiger partial charge is 0.162 e. The molecule has 0 spiro atoms. The summed E-state index contributed by atoms with van der Waals surface area (Å²) in [6.45, 7) is 3.12. The van der Waals surface area contributed by atoms with Gasteiger partial charge in [0, 0.05) is 36.2 Å². The second-order valence-corrected chi connectivity index (χ2v) is 7.03. The fourth-order valence-corrected chi connectivity index (χ4v) is 3.07. The van der Waals surface area contributed by atoms with Gasteiger partial charge in [0.1, 0.15) is 12.4 Å². The summed E-state index contributed by atoms with van der Waals surface area (Å²) in [5, 5.41) is 15.5. The Morgan fingerprint density at radius 3 is 2.56 bits per heavy atom. The van der Waals surface area contributed by atoms with Crippen LogP contribution in [0.1, 0.15) is 11.1 Å². The highest BCUT2D eigenvalue weighted by Gasteiger charge is 2.11. The Labute approximate surface area is 172 Å². The maximum absolute atomic E-state index is 13.1. The van der Waals surface area contributed by atoms with E-state index in [0.717, 1.165) is 23.1 Å². The zero-order chi connectivity index (χ0) is 19.6. The molecule has 0 fully saturated rings. The number of halogens is 3. The number of benzene rings is 2. The first-order valence-electron chi connectivity index (χ1n) is 8.50. The van der Waals surface area contributed by atoms with Gasteiger partial charge in [-0.05, 0) is 29.8 Å². The van der Waals surface area contributed by atoms with Crippen LogP contribution < -0.4 is 20.1 Å². The SMILES string of the molecule is COc1cc(CNCCNCCO)c(Br)cc1OCc1ccc(F)cc1Cl. The minimum absolute atomic E-state index is 0.132. The Morgan fingerprint density at radius 2 is 1.85 bits per heavy atom. The van der Waals surface area contributed by atoms with Crippen LogP contribution in [-0.2, 0) is 13.2 Å². The Kier molecular flexibility index (Phi) is 9.30. The summed E-state index contributed by atoms with van der Waals surface area (Å²) in [6, 6.07) is 7.96. The third-order valence-corrected chi connectivity index (χ3v) is 4.90. The summed E-state index contributed by atoms with van der Waals surface area (Å²) in [6.07, 6.45) is 0. The van der Waals surface area contributed by atoms with Crippen LogP contribution in [0.5, 0.6) is 11.5 Å². The first kappa shape index (κ1) is 21.9. The molecule has 8 heteroatoms. The van der Waals surface area contributed by atoms with E-state index < -0.39 is 0 Å². The second-order valence-electron chi connectivity index (χ2n) is 5.77. The summed E-state index contributed by atoms with van der Waals surface area (Å²) in [4.78, 5) is 0. The molecule has 0 atom stereocenters. The quantitative estimate of drug-likeness (QED) is 0.447. The fourth-order valence-electron chi connectivity index (χ4n) is 2.38. The number of aliphatic hydroxyl groups excluding tert-OH is 1. The zero-order valence-corrected chi connectivity index (χ0v) is 17.4. The molecule has 0 aliphatic heterocycles. The van der Waals surface area contributed by atoms with Gasteiger partial charge in [0.2, 0.25) is 0 Å². The average molecular weight is 462 g/mol. The maximum Gasteiger partial charge on any atom is 0.162 e. The number of rotatable bonds is 11. The first-order chi connectivity index (χ1) is 13.0. The van der Waals surface area contributed by atoms with Crippen LogP contribution in [0.3, 0.4) is 0 Å². The van der Waals surface area contributed by atoms with Crippen molar-refractivity contribution in [3.05, 3.63) is 56.8 Å². The maximum atomic E-state index is 13.1. The highest BCUT2D eigenvalue weighted by molar-refractivity contribution is 9.10. The van der Waals surface area contributed by atoms with Crippen LogP contribution in [0, 0.1) is 5.82 Å². The summed E-state index contributed by atoms with van der Waals surface area (Å²) in [5.74, 6) is 0.789. The van der Waals surface area contributed by atoms with Crippen molar-refractivity contribution in [3.8, 4) is 11.5 Å². The molecule has 2 rings (SSSR count). The number of ether oxygens (including phenoxy) is 2. The van der Waals surface area contributed by atoms with Crippen molar-refractivity contribution < 1.29 is 19.0 Å². The number of hydrogen-bond acceptors (Lipinski definition) is 5. The third kappa shape index (κ3) is 6.93. The van der Waals surface area contributed by atoms with Crippen LogP contribution in [0.2, 0.25) is 5.02 Å². The molecule has 0 saturated heterocycles. The van der Waals surface area contributed by atoms with Gasteiger partial charge in [-0.2, -0.15) is 0 Å². The van der Waals surface area contributed by atoms with E-state index in [1.807, 2.05) is 12.1 Å². The van der Waals surface area contributed by atoms with Gasteiger partial charge in [-0.15, -0.1) is 0 Å². The summed E-state index contributed by atoms with van der Waals surface area (Å²) in [7, 11) is 1.58. The van der Waals surface area contributed by atoms with E-state index in [9.17, 15) is 4.39 Å². The molecule has 0 aliphatic rings. The number of nitrogens with one attached hydrogen (secondary N) is 2. The normalized spacial score (nSPS) is 10.9. The predicted molar refractivity (Wildman–Crippen MR) is 108 cm³/mol. The average Bonchev–Trinajstić information content (AvgIpc) is 2.65. The molecule has 0 aliphatic carbocycles. The van der Waals surface area contributed by atoms with Gasteiger partial charge in [0.05, 0.1) is 18.7 Å². The first-order valence-corrected chi connectivity index (χ1v) is 9.67. The van der Waals surface area contributed by atoms with E-state index in [-0.39, 0.29) is 19.0 Å². The van der Waals surface area contributed by atoms with Gasteiger partial charge >= 0.3 is 0 Å². The summed E-state index contributed by atoms with van der Waals surface area (Å²) in [5.41, 5.74) is 1.72. The molecule has 0 unspecified atom stereocenters. The van der Waals surface area contributed by atoms with Crippen molar-refractivity contribution in [2.75, 3.05) is 33.4 Å². The van der Waals surface area contributed by atoms with Crippen molar-refractivity contribution in [3.63, 3.8) is 0 Å². The molecule has 0 radical (unpaired) electrons. The second kappa shape index (κ2) is 11.5. The highest BCUT2D eigenvalue weighted by Crippen LogP contribution is 2.34. The largest absolute Gasteiger partial charge is 0.493 e. The highest BCUT2D eigenvalue weighted by atomic mass is 79.9. The minimum Gasteiger partial charge on any atom is -0.493 e. The van der Waals surface area contributed by atoms with E-state index in [1.165, 1.54) is 12.1 Å². The van der Waals surface area contributed by atoms with E-state index in [0.29, 0.717) is 35.2 Å². The predicted octanol–water partition coefficient (Wildman–Crippen LogP) is 3.50. The molecule has 27 heavy (non-hydrogen) atoms. The molecule has 0 saturated carbocycles. The number of hydrogen-bond donors (Lipinski definition) is 3. The van der Waals surface area contributed by atoms with Crippen LogP contribution in [0.25, 0.3) is 0 Å². The number of aliphatic hydroxyl groups is 1. The Balaban J connectivity index is 1.98. The van der Waals surface area contributed by atoms with Crippen molar-refractivity contribution in [1.82, 2.24) is 10.6 Å². The van der Waals surface area contributed by atoms with Crippen molar-refractivity contribution in [2.45, 2.75) is 13.2 Å². The molecular weight excluding hydrogens is 439 g/mol. The van der Waals surface area contributed by atoms with Crippen molar-refractivity contribution >= 4 is 27.5 Å². The molecule has 2 aromatic rings. The van der Waals surface area contributed by atoms with E-state index in [1.54, 1.807) is 13.2 Å². The monoisotopic (exact) mass is 460 g/mol. The van der Waals surface area contributed by atoms with Crippen LogP contribution in [0.4, 0.5) is 4.39 Å². The van der Waals surface area contributed by atoms with Gasteiger partial charge in [0.25, 0.3) is 0 Å². The van der Waals surface area contributed by atoms with E-state index >= 15 is 0 Å². The van der Waals surface area contributed by atoms with Crippen LogP contribution in [-0.4, -0.2) is 38.5 Å². The molecule has 3 N–H and O–H groups in total. The molecule has 0 heterocycles. The van der Waals surface area contributed by atoms with Gasteiger partial charge in [0.15, 0.2) is 11.5 Å². The lowest BCUT2D eigenvalue weighted by Crippen LogP contribution is -2.28. The molecule has 2 aromatic carbocycles. The Morgan fingerprint density at radius 1 is 1.07 bits per heavy atom. The van der Waals surface area contributed by atoms with E-state index in [4.69, 9.17) is 26.2 Å². The minimum atomic E-state index is -0.382. The zero-order valence-electron chi connectivity index (χ0n) is 15.0. The molecule has 0 aromatic heterocycles. The Bertz CT molecular complexity index is 749. The molecular formula is C19H23BrClFN2O3.